The zero-order valence-corrected chi connectivity index (χ0v) is 20.9. The minimum atomic E-state index is 0.0960. The second-order valence-corrected chi connectivity index (χ2v) is 9.73. The van der Waals surface area contributed by atoms with Crippen LogP contribution in [0.5, 0.6) is 5.75 Å². The van der Waals surface area contributed by atoms with Gasteiger partial charge in [-0.1, -0.05) is 72.2 Å². The van der Waals surface area contributed by atoms with Gasteiger partial charge in [0.05, 0.1) is 0 Å². The lowest BCUT2D eigenvalue weighted by atomic mass is 10.0. The van der Waals surface area contributed by atoms with Gasteiger partial charge in [-0.3, -0.25) is 9.69 Å². The van der Waals surface area contributed by atoms with Gasteiger partial charge in [0.1, 0.15) is 12.4 Å². The molecule has 4 nitrogen and oxygen atoms in total. The molecular weight excluding hydrogens is 476 g/mol. The number of carbonyl (C=O) groups is 1. The molecule has 5 heteroatoms. The van der Waals surface area contributed by atoms with Crippen LogP contribution >= 0.6 is 15.9 Å². The molecule has 1 heterocycles. The fourth-order valence-corrected chi connectivity index (χ4v) is 4.48. The van der Waals surface area contributed by atoms with E-state index in [0.29, 0.717) is 12.5 Å². The van der Waals surface area contributed by atoms with E-state index in [1.54, 1.807) is 0 Å². The SMILES string of the molecule is CC(C)c1ccc(OCc2cccc(C(=O)N3CCN(Cc4ccccc4Br)CC3)c2)cc1. The number of hydrogen-bond donors (Lipinski definition) is 0. The third-order valence-corrected chi connectivity index (χ3v) is 6.91. The van der Waals surface area contributed by atoms with Crippen LogP contribution in [0.1, 0.15) is 46.8 Å². The van der Waals surface area contributed by atoms with Crippen molar-refractivity contribution >= 4 is 21.8 Å². The van der Waals surface area contributed by atoms with Gasteiger partial charge in [-0.05, 0) is 52.9 Å². The number of nitrogens with zero attached hydrogens (tertiary/aromatic N) is 2. The fourth-order valence-electron chi connectivity index (χ4n) is 4.07. The minimum absolute atomic E-state index is 0.0960. The van der Waals surface area contributed by atoms with Gasteiger partial charge in [0.25, 0.3) is 5.91 Å². The Labute approximate surface area is 205 Å². The lowest BCUT2D eigenvalue weighted by Gasteiger charge is -2.35. The van der Waals surface area contributed by atoms with E-state index >= 15 is 0 Å². The van der Waals surface area contributed by atoms with Gasteiger partial charge in [0.15, 0.2) is 0 Å². The van der Waals surface area contributed by atoms with Crippen LogP contribution in [0.2, 0.25) is 0 Å². The van der Waals surface area contributed by atoms with E-state index in [1.807, 2.05) is 47.4 Å². The number of hydrogen-bond acceptors (Lipinski definition) is 3. The van der Waals surface area contributed by atoms with E-state index in [4.69, 9.17) is 4.74 Å². The molecule has 4 rings (SSSR count). The zero-order chi connectivity index (χ0) is 23.2. The first-order chi connectivity index (χ1) is 16.0. The normalized spacial score (nSPS) is 14.5. The molecule has 0 bridgehead atoms. The van der Waals surface area contributed by atoms with Crippen LogP contribution in [-0.4, -0.2) is 41.9 Å². The minimum Gasteiger partial charge on any atom is -0.489 e. The van der Waals surface area contributed by atoms with Gasteiger partial charge >= 0.3 is 0 Å². The van der Waals surface area contributed by atoms with Gasteiger partial charge in [-0.25, -0.2) is 0 Å². The average molecular weight is 507 g/mol. The van der Waals surface area contributed by atoms with E-state index in [0.717, 1.165) is 54.1 Å². The van der Waals surface area contributed by atoms with E-state index in [9.17, 15) is 4.79 Å². The Morgan fingerprint density at radius 2 is 1.67 bits per heavy atom. The van der Waals surface area contributed by atoms with E-state index in [2.05, 4.69) is 65.0 Å². The summed E-state index contributed by atoms with van der Waals surface area (Å²) in [6.45, 7) is 8.94. The molecule has 33 heavy (non-hydrogen) atoms. The maximum Gasteiger partial charge on any atom is 0.253 e. The van der Waals surface area contributed by atoms with Crippen LogP contribution < -0.4 is 4.74 Å². The summed E-state index contributed by atoms with van der Waals surface area (Å²) in [5, 5.41) is 0. The summed E-state index contributed by atoms with van der Waals surface area (Å²) < 4.78 is 7.09. The van der Waals surface area contributed by atoms with E-state index in [1.165, 1.54) is 11.1 Å². The molecule has 1 fully saturated rings. The molecule has 0 aliphatic carbocycles. The number of ether oxygens (including phenoxy) is 1. The van der Waals surface area contributed by atoms with Crippen LogP contribution in [0.15, 0.2) is 77.3 Å². The summed E-state index contributed by atoms with van der Waals surface area (Å²) in [6.07, 6.45) is 0. The largest absolute Gasteiger partial charge is 0.489 e. The molecule has 172 valence electrons. The Morgan fingerprint density at radius 1 is 0.939 bits per heavy atom. The second kappa shape index (κ2) is 11.0. The first-order valence-electron chi connectivity index (χ1n) is 11.6. The van der Waals surface area contributed by atoms with Crippen molar-refractivity contribution in [3.63, 3.8) is 0 Å². The summed E-state index contributed by atoms with van der Waals surface area (Å²) in [5.41, 5.74) is 4.31. The van der Waals surface area contributed by atoms with Gasteiger partial charge in [-0.2, -0.15) is 0 Å². The first-order valence-corrected chi connectivity index (χ1v) is 12.4. The van der Waals surface area contributed by atoms with Crippen LogP contribution in [0.25, 0.3) is 0 Å². The van der Waals surface area contributed by atoms with Crippen LogP contribution in [-0.2, 0) is 13.2 Å². The number of benzene rings is 3. The molecule has 0 atom stereocenters. The number of carbonyl (C=O) groups excluding carboxylic acids is 1. The molecule has 0 spiro atoms. The van der Waals surface area contributed by atoms with Crippen molar-refractivity contribution in [2.75, 3.05) is 26.2 Å². The Morgan fingerprint density at radius 3 is 2.36 bits per heavy atom. The van der Waals surface area contributed by atoms with Gasteiger partial charge in [-0.15, -0.1) is 0 Å². The highest BCUT2D eigenvalue weighted by Gasteiger charge is 2.22. The molecule has 1 aliphatic heterocycles. The summed E-state index contributed by atoms with van der Waals surface area (Å²) >= 11 is 3.63. The van der Waals surface area contributed by atoms with Gasteiger partial charge in [0, 0.05) is 42.8 Å². The molecule has 0 aromatic heterocycles. The van der Waals surface area contributed by atoms with Crippen molar-refractivity contribution in [2.24, 2.45) is 0 Å². The molecular formula is C28H31BrN2O2. The summed E-state index contributed by atoms with van der Waals surface area (Å²) in [4.78, 5) is 17.5. The van der Waals surface area contributed by atoms with Crippen molar-refractivity contribution < 1.29 is 9.53 Å². The Hall–Kier alpha value is -2.63. The highest BCUT2D eigenvalue weighted by molar-refractivity contribution is 9.10. The molecule has 0 N–H and O–H groups in total. The van der Waals surface area contributed by atoms with Gasteiger partial charge < -0.3 is 9.64 Å². The van der Waals surface area contributed by atoms with Crippen molar-refractivity contribution in [2.45, 2.75) is 32.9 Å². The molecule has 1 aliphatic rings. The standard InChI is InChI=1S/C28H31BrN2O2/c1-21(2)23-10-12-26(13-11-23)33-20-22-6-5-8-24(18-22)28(32)31-16-14-30(15-17-31)19-25-7-3-4-9-27(25)29/h3-13,18,21H,14-17,19-20H2,1-2H3. The van der Waals surface area contributed by atoms with Crippen molar-refractivity contribution in [3.8, 4) is 5.75 Å². The second-order valence-electron chi connectivity index (χ2n) is 8.87. The molecule has 0 saturated carbocycles. The summed E-state index contributed by atoms with van der Waals surface area (Å²) in [6, 6.07) is 24.4. The lowest BCUT2D eigenvalue weighted by molar-refractivity contribution is 0.0628. The molecule has 0 unspecified atom stereocenters. The van der Waals surface area contributed by atoms with Crippen molar-refractivity contribution in [3.05, 3.63) is 99.5 Å². The number of rotatable bonds is 7. The predicted octanol–water partition coefficient (Wildman–Crippen LogP) is 6.11. The average Bonchev–Trinajstić information content (AvgIpc) is 2.84. The molecule has 0 radical (unpaired) electrons. The summed E-state index contributed by atoms with van der Waals surface area (Å²) in [5.74, 6) is 1.44. The van der Waals surface area contributed by atoms with Gasteiger partial charge in [0.2, 0.25) is 0 Å². The van der Waals surface area contributed by atoms with Crippen LogP contribution in [0.3, 0.4) is 0 Å². The predicted molar refractivity (Wildman–Crippen MR) is 137 cm³/mol. The highest BCUT2D eigenvalue weighted by atomic mass is 79.9. The van der Waals surface area contributed by atoms with Crippen molar-refractivity contribution in [1.29, 1.82) is 0 Å². The molecule has 1 saturated heterocycles. The van der Waals surface area contributed by atoms with Crippen LogP contribution in [0, 0.1) is 0 Å². The molecule has 1 amide bonds. The fraction of sp³-hybridized carbons (Fsp3) is 0.321. The first kappa shape index (κ1) is 23.5. The van der Waals surface area contributed by atoms with Crippen molar-refractivity contribution in [1.82, 2.24) is 9.80 Å². The Kier molecular flexibility index (Phi) is 7.84. The number of amides is 1. The Bertz CT molecular complexity index is 1070. The van der Waals surface area contributed by atoms with E-state index in [-0.39, 0.29) is 5.91 Å². The quantitative estimate of drug-likeness (QED) is 0.387. The van der Waals surface area contributed by atoms with Crippen LogP contribution in [0.4, 0.5) is 0 Å². The third kappa shape index (κ3) is 6.24. The topological polar surface area (TPSA) is 32.8 Å². The Balaban J connectivity index is 1.31. The third-order valence-electron chi connectivity index (χ3n) is 6.14. The monoisotopic (exact) mass is 506 g/mol. The smallest absolute Gasteiger partial charge is 0.253 e. The lowest BCUT2D eigenvalue weighted by Crippen LogP contribution is -2.48. The molecule has 3 aromatic rings. The maximum atomic E-state index is 13.1. The van der Waals surface area contributed by atoms with E-state index < -0.39 is 0 Å². The zero-order valence-electron chi connectivity index (χ0n) is 19.3. The maximum absolute atomic E-state index is 13.1. The number of halogens is 1. The number of piperazine rings is 1. The summed E-state index contributed by atoms with van der Waals surface area (Å²) in [7, 11) is 0. The molecule has 3 aromatic carbocycles. The highest BCUT2D eigenvalue weighted by Crippen LogP contribution is 2.21.